The highest BCUT2D eigenvalue weighted by atomic mass is 79.9. The smallest absolute Gasteiger partial charge is 0.243 e. The standard InChI is InChI=1S/C10H9BrFN3O2S2/c11-8-1-6(13)2-9(10(8)12)19(16,17)15-4-7-3-14-5-18-7/h1-3,5,15H,4,13H2. The predicted molar refractivity (Wildman–Crippen MR) is 74.7 cm³/mol. The maximum Gasteiger partial charge on any atom is 0.243 e. The van der Waals surface area contributed by atoms with Crippen molar-refractivity contribution in [1.82, 2.24) is 9.71 Å². The highest BCUT2D eigenvalue weighted by molar-refractivity contribution is 9.10. The molecule has 0 aliphatic rings. The van der Waals surface area contributed by atoms with Crippen LogP contribution in [0.2, 0.25) is 0 Å². The number of hydrogen-bond donors (Lipinski definition) is 2. The quantitative estimate of drug-likeness (QED) is 0.812. The Morgan fingerprint density at radius 3 is 2.84 bits per heavy atom. The van der Waals surface area contributed by atoms with Crippen LogP contribution in [-0.4, -0.2) is 13.4 Å². The monoisotopic (exact) mass is 365 g/mol. The molecule has 2 rings (SSSR count). The highest BCUT2D eigenvalue weighted by Crippen LogP contribution is 2.26. The Kier molecular flexibility index (Phi) is 4.19. The first kappa shape index (κ1) is 14.4. The first-order chi connectivity index (χ1) is 8.90. The summed E-state index contributed by atoms with van der Waals surface area (Å²) >= 11 is 4.23. The SMILES string of the molecule is Nc1cc(Br)c(F)c(S(=O)(=O)NCc2cncs2)c1. The molecule has 1 aromatic carbocycles. The largest absolute Gasteiger partial charge is 0.399 e. The summed E-state index contributed by atoms with van der Waals surface area (Å²) in [4.78, 5) is 4.07. The third kappa shape index (κ3) is 3.30. The van der Waals surface area contributed by atoms with E-state index in [1.165, 1.54) is 17.4 Å². The maximum atomic E-state index is 13.8. The van der Waals surface area contributed by atoms with Gasteiger partial charge in [0.1, 0.15) is 4.90 Å². The van der Waals surface area contributed by atoms with E-state index >= 15 is 0 Å². The minimum atomic E-state index is -3.97. The van der Waals surface area contributed by atoms with Crippen molar-refractivity contribution in [3.63, 3.8) is 0 Å². The van der Waals surface area contributed by atoms with Gasteiger partial charge in [-0.25, -0.2) is 17.5 Å². The second kappa shape index (κ2) is 5.53. The van der Waals surface area contributed by atoms with Crippen molar-refractivity contribution < 1.29 is 12.8 Å². The van der Waals surface area contributed by atoms with Crippen LogP contribution in [0.3, 0.4) is 0 Å². The molecule has 0 fully saturated rings. The normalized spacial score (nSPS) is 11.7. The van der Waals surface area contributed by atoms with E-state index in [0.717, 1.165) is 10.9 Å². The van der Waals surface area contributed by atoms with E-state index in [9.17, 15) is 12.8 Å². The van der Waals surface area contributed by atoms with Crippen LogP contribution < -0.4 is 10.5 Å². The van der Waals surface area contributed by atoms with Crippen molar-refractivity contribution in [3.05, 3.63) is 39.0 Å². The third-order valence-electron chi connectivity index (χ3n) is 2.23. The summed E-state index contributed by atoms with van der Waals surface area (Å²) in [7, 11) is -3.97. The van der Waals surface area contributed by atoms with Crippen molar-refractivity contribution in [1.29, 1.82) is 0 Å². The van der Waals surface area contributed by atoms with Gasteiger partial charge in [-0.1, -0.05) is 0 Å². The summed E-state index contributed by atoms with van der Waals surface area (Å²) in [6.45, 7) is 0.0544. The van der Waals surface area contributed by atoms with Crippen LogP contribution in [0.1, 0.15) is 4.88 Å². The number of nitrogens with zero attached hydrogens (tertiary/aromatic N) is 1. The lowest BCUT2D eigenvalue weighted by atomic mass is 10.3. The van der Waals surface area contributed by atoms with Crippen LogP contribution in [0, 0.1) is 5.82 Å². The lowest BCUT2D eigenvalue weighted by Crippen LogP contribution is -2.24. The fourth-order valence-corrected chi connectivity index (χ4v) is 3.73. The molecular formula is C10H9BrFN3O2S2. The molecule has 0 radical (unpaired) electrons. The van der Waals surface area contributed by atoms with Crippen molar-refractivity contribution >= 4 is 43.0 Å². The molecule has 2 aromatic rings. The molecule has 0 unspecified atom stereocenters. The van der Waals surface area contributed by atoms with Gasteiger partial charge in [-0.2, -0.15) is 0 Å². The Morgan fingerprint density at radius 1 is 1.47 bits per heavy atom. The molecule has 0 saturated carbocycles. The first-order valence-corrected chi connectivity index (χ1v) is 8.17. The van der Waals surface area contributed by atoms with Crippen LogP contribution in [0.5, 0.6) is 0 Å². The summed E-state index contributed by atoms with van der Waals surface area (Å²) in [5.41, 5.74) is 7.26. The van der Waals surface area contributed by atoms with Gasteiger partial charge in [-0.15, -0.1) is 11.3 Å². The van der Waals surface area contributed by atoms with Gasteiger partial charge in [0.25, 0.3) is 0 Å². The number of thiazole rings is 1. The number of nitrogens with two attached hydrogens (primary N) is 1. The average molecular weight is 366 g/mol. The zero-order valence-electron chi connectivity index (χ0n) is 9.43. The summed E-state index contributed by atoms with van der Waals surface area (Å²) in [6.07, 6.45) is 1.54. The van der Waals surface area contributed by atoms with Crippen molar-refractivity contribution in [2.75, 3.05) is 5.73 Å². The molecule has 0 spiro atoms. The van der Waals surface area contributed by atoms with Crippen LogP contribution in [0.15, 0.2) is 33.2 Å². The number of rotatable bonds is 4. The Hall–Kier alpha value is -1.03. The van der Waals surface area contributed by atoms with Gasteiger partial charge in [-0.3, -0.25) is 4.98 Å². The average Bonchev–Trinajstić information content (AvgIpc) is 2.84. The summed E-state index contributed by atoms with van der Waals surface area (Å²) < 4.78 is 40.1. The number of anilines is 1. The van der Waals surface area contributed by atoms with Gasteiger partial charge >= 0.3 is 0 Å². The molecule has 1 heterocycles. The van der Waals surface area contributed by atoms with Crippen LogP contribution >= 0.6 is 27.3 Å². The molecule has 102 valence electrons. The minimum Gasteiger partial charge on any atom is -0.399 e. The fourth-order valence-electron chi connectivity index (χ4n) is 1.35. The van der Waals surface area contributed by atoms with Crippen LogP contribution in [0.25, 0.3) is 0 Å². The van der Waals surface area contributed by atoms with E-state index in [4.69, 9.17) is 5.73 Å². The van der Waals surface area contributed by atoms with Gasteiger partial charge < -0.3 is 5.73 Å². The molecule has 3 N–H and O–H groups in total. The maximum absolute atomic E-state index is 13.8. The lowest BCUT2D eigenvalue weighted by molar-refractivity contribution is 0.554. The number of hydrogen-bond acceptors (Lipinski definition) is 5. The molecule has 0 saturated heterocycles. The van der Waals surface area contributed by atoms with Crippen molar-refractivity contribution in [2.24, 2.45) is 0 Å². The van der Waals surface area contributed by atoms with E-state index in [1.54, 1.807) is 11.7 Å². The van der Waals surface area contributed by atoms with Gasteiger partial charge in [0.05, 0.1) is 9.98 Å². The minimum absolute atomic E-state index is 0.00525. The van der Waals surface area contributed by atoms with E-state index in [-0.39, 0.29) is 16.7 Å². The topological polar surface area (TPSA) is 85.1 Å². The van der Waals surface area contributed by atoms with Gasteiger partial charge in [0.2, 0.25) is 10.0 Å². The number of nitrogens with one attached hydrogen (secondary N) is 1. The molecule has 0 amide bonds. The number of aromatic nitrogens is 1. The van der Waals surface area contributed by atoms with E-state index < -0.39 is 20.7 Å². The molecule has 0 aliphatic carbocycles. The number of sulfonamides is 1. The van der Waals surface area contributed by atoms with Crippen molar-refractivity contribution in [2.45, 2.75) is 11.4 Å². The van der Waals surface area contributed by atoms with E-state index in [0.29, 0.717) is 0 Å². The van der Waals surface area contributed by atoms with Gasteiger partial charge in [-0.05, 0) is 28.1 Å². The molecule has 9 heteroatoms. The highest BCUT2D eigenvalue weighted by Gasteiger charge is 2.21. The second-order valence-corrected chi connectivity index (χ2v) is 7.17. The lowest BCUT2D eigenvalue weighted by Gasteiger charge is -2.08. The van der Waals surface area contributed by atoms with Gasteiger partial charge in [0.15, 0.2) is 5.82 Å². The van der Waals surface area contributed by atoms with Crippen molar-refractivity contribution in [3.8, 4) is 0 Å². The van der Waals surface area contributed by atoms with E-state index in [1.807, 2.05) is 0 Å². The molecule has 1 aromatic heterocycles. The number of nitrogen functional groups attached to an aromatic ring is 1. The molecule has 0 bridgehead atoms. The Morgan fingerprint density at radius 2 is 2.21 bits per heavy atom. The Labute approximate surface area is 121 Å². The van der Waals surface area contributed by atoms with Crippen LogP contribution in [-0.2, 0) is 16.6 Å². The summed E-state index contributed by atoms with van der Waals surface area (Å²) in [5.74, 6) is -0.869. The number of benzene rings is 1. The first-order valence-electron chi connectivity index (χ1n) is 5.01. The van der Waals surface area contributed by atoms with Crippen LogP contribution in [0.4, 0.5) is 10.1 Å². The zero-order chi connectivity index (χ0) is 14.0. The molecule has 0 atom stereocenters. The molecule has 5 nitrogen and oxygen atoms in total. The Balaban J connectivity index is 2.29. The third-order valence-corrected chi connectivity index (χ3v) is 4.98. The van der Waals surface area contributed by atoms with E-state index in [2.05, 4.69) is 25.6 Å². The summed E-state index contributed by atoms with van der Waals surface area (Å²) in [5, 5.41) is 0. The molecule has 0 aliphatic heterocycles. The Bertz CT molecular complexity index is 689. The molecular weight excluding hydrogens is 357 g/mol. The molecule has 19 heavy (non-hydrogen) atoms. The van der Waals surface area contributed by atoms with Gasteiger partial charge in [0, 0.05) is 23.3 Å². The second-order valence-electron chi connectivity index (χ2n) is 3.61. The zero-order valence-corrected chi connectivity index (χ0v) is 12.6. The predicted octanol–water partition coefficient (Wildman–Crippen LogP) is 2.11. The fraction of sp³-hybridized carbons (Fsp3) is 0.100. The summed E-state index contributed by atoms with van der Waals surface area (Å²) in [6, 6.07) is 2.38. The number of halogens is 2.